The highest BCUT2D eigenvalue weighted by Gasteiger charge is 2.44. The maximum atomic E-state index is 13.1. The summed E-state index contributed by atoms with van der Waals surface area (Å²) in [5.41, 5.74) is 2.40. The summed E-state index contributed by atoms with van der Waals surface area (Å²) in [4.78, 5) is 26.1. The molecule has 0 aromatic heterocycles. The van der Waals surface area contributed by atoms with Gasteiger partial charge in [-0.3, -0.25) is 9.59 Å². The summed E-state index contributed by atoms with van der Waals surface area (Å²) in [5.74, 6) is -0.616. The van der Waals surface area contributed by atoms with E-state index in [0.29, 0.717) is 29.5 Å². The molecule has 1 saturated heterocycles. The van der Waals surface area contributed by atoms with Crippen LogP contribution in [0.15, 0.2) is 60.8 Å². The fourth-order valence-electron chi connectivity index (χ4n) is 3.71. The van der Waals surface area contributed by atoms with Crippen molar-refractivity contribution in [3.8, 4) is 6.07 Å². The second-order valence-corrected chi connectivity index (χ2v) is 7.09. The van der Waals surface area contributed by atoms with Gasteiger partial charge in [0.05, 0.1) is 11.6 Å². The molecule has 1 unspecified atom stereocenters. The van der Waals surface area contributed by atoms with E-state index in [-0.39, 0.29) is 17.5 Å². The Balaban J connectivity index is 2.02. The molecule has 3 rings (SSSR count). The number of hydrogen-bond donors (Lipinski definition) is 2. The zero-order valence-electron chi connectivity index (χ0n) is 16.6. The molecule has 1 atom stereocenters. The summed E-state index contributed by atoms with van der Waals surface area (Å²) in [5, 5.41) is 15.2. The van der Waals surface area contributed by atoms with Crippen molar-refractivity contribution in [2.24, 2.45) is 0 Å². The van der Waals surface area contributed by atoms with Gasteiger partial charge in [0.2, 0.25) is 0 Å². The molecule has 146 valence electrons. The number of nitriles is 1. The Labute approximate surface area is 170 Å². The predicted molar refractivity (Wildman–Crippen MR) is 113 cm³/mol. The molecule has 0 radical (unpaired) electrons. The van der Waals surface area contributed by atoms with Gasteiger partial charge in [-0.15, -0.1) is 0 Å². The van der Waals surface area contributed by atoms with Crippen molar-refractivity contribution in [2.75, 3.05) is 0 Å². The minimum atomic E-state index is -1.02. The molecule has 1 aliphatic rings. The normalized spacial score (nSPS) is 20.3. The Hall–Kier alpha value is -3.65. The quantitative estimate of drug-likeness (QED) is 0.772. The van der Waals surface area contributed by atoms with E-state index in [1.807, 2.05) is 43.3 Å². The average molecular weight is 385 g/mol. The third-order valence-corrected chi connectivity index (χ3v) is 5.39. The molecule has 5 heteroatoms. The summed E-state index contributed by atoms with van der Waals surface area (Å²) >= 11 is 0. The molecule has 2 amide bonds. The van der Waals surface area contributed by atoms with Gasteiger partial charge in [0.1, 0.15) is 11.2 Å². The third-order valence-electron chi connectivity index (χ3n) is 5.39. The lowest BCUT2D eigenvalue weighted by Crippen LogP contribution is -2.65. The molecule has 0 bridgehead atoms. The van der Waals surface area contributed by atoms with Crippen molar-refractivity contribution in [3.05, 3.63) is 83.1 Å². The monoisotopic (exact) mass is 385 g/mol. The Kier molecular flexibility index (Phi) is 5.65. The number of rotatable bonds is 5. The molecule has 1 heterocycles. The van der Waals surface area contributed by atoms with Gasteiger partial charge in [-0.1, -0.05) is 62.0 Å². The zero-order valence-corrected chi connectivity index (χ0v) is 16.6. The minimum absolute atomic E-state index is 0.165. The first kappa shape index (κ1) is 20.1. The van der Waals surface area contributed by atoms with Gasteiger partial charge < -0.3 is 10.6 Å². The van der Waals surface area contributed by atoms with Crippen molar-refractivity contribution in [3.63, 3.8) is 0 Å². The van der Waals surface area contributed by atoms with Crippen LogP contribution in [-0.4, -0.2) is 17.4 Å². The largest absolute Gasteiger partial charge is 0.336 e. The van der Waals surface area contributed by atoms with Gasteiger partial charge in [-0.2, -0.15) is 5.26 Å². The van der Waals surface area contributed by atoms with Gasteiger partial charge in [0, 0.05) is 12.0 Å². The van der Waals surface area contributed by atoms with Crippen LogP contribution in [-0.2, 0) is 16.0 Å². The Bertz CT molecular complexity index is 1050. The number of carbonyl (C=O) groups is 2. The summed E-state index contributed by atoms with van der Waals surface area (Å²) in [6, 6.07) is 17.0. The van der Waals surface area contributed by atoms with Crippen LogP contribution in [0.2, 0.25) is 0 Å². The lowest BCUT2D eigenvalue weighted by Gasteiger charge is -2.37. The van der Waals surface area contributed by atoms with E-state index in [1.165, 1.54) is 0 Å². The van der Waals surface area contributed by atoms with Crippen LogP contribution in [0.25, 0.3) is 11.6 Å². The molecule has 1 fully saturated rings. The summed E-state index contributed by atoms with van der Waals surface area (Å²) in [6.45, 7) is 7.40. The lowest BCUT2D eigenvalue weighted by atomic mass is 9.84. The SMILES string of the molecule is C=Cc1cccc(C#N)c1C(C)=C1NC(=O)C(CC)(Cc2ccccc2)NC1=O. The number of amides is 2. The average Bonchev–Trinajstić information content (AvgIpc) is 2.75. The first-order valence-electron chi connectivity index (χ1n) is 9.50. The van der Waals surface area contributed by atoms with Gasteiger partial charge in [-0.25, -0.2) is 0 Å². The second kappa shape index (κ2) is 8.15. The summed E-state index contributed by atoms with van der Waals surface area (Å²) in [6.07, 6.45) is 2.49. The number of allylic oxidation sites excluding steroid dienone is 1. The molecule has 2 aromatic carbocycles. The Morgan fingerprint density at radius 2 is 1.90 bits per heavy atom. The van der Waals surface area contributed by atoms with Crippen molar-refractivity contribution >= 4 is 23.5 Å². The number of piperazine rings is 1. The van der Waals surface area contributed by atoms with E-state index in [4.69, 9.17) is 0 Å². The van der Waals surface area contributed by atoms with Gasteiger partial charge in [-0.05, 0) is 36.1 Å². The highest BCUT2D eigenvalue weighted by molar-refractivity contribution is 6.11. The van der Waals surface area contributed by atoms with Crippen molar-refractivity contribution < 1.29 is 9.59 Å². The van der Waals surface area contributed by atoms with E-state index < -0.39 is 5.54 Å². The first-order valence-corrected chi connectivity index (χ1v) is 9.50. The molecule has 0 aliphatic carbocycles. The highest BCUT2D eigenvalue weighted by atomic mass is 16.2. The molecule has 2 aromatic rings. The number of nitrogens with zero attached hydrogens (tertiary/aromatic N) is 1. The van der Waals surface area contributed by atoms with Crippen LogP contribution >= 0.6 is 0 Å². The number of carbonyl (C=O) groups excluding carboxylic acids is 2. The van der Waals surface area contributed by atoms with Crippen molar-refractivity contribution in [1.29, 1.82) is 5.26 Å². The van der Waals surface area contributed by atoms with E-state index in [0.717, 1.165) is 11.1 Å². The summed E-state index contributed by atoms with van der Waals surface area (Å²) in [7, 11) is 0. The molecule has 0 saturated carbocycles. The highest BCUT2D eigenvalue weighted by Crippen LogP contribution is 2.29. The topological polar surface area (TPSA) is 82.0 Å². The van der Waals surface area contributed by atoms with E-state index in [2.05, 4.69) is 23.3 Å². The minimum Gasteiger partial charge on any atom is -0.336 e. The van der Waals surface area contributed by atoms with Crippen LogP contribution in [0, 0.1) is 11.3 Å². The maximum Gasteiger partial charge on any atom is 0.268 e. The predicted octanol–water partition coefficient (Wildman–Crippen LogP) is 3.57. The lowest BCUT2D eigenvalue weighted by molar-refractivity contribution is -0.136. The third kappa shape index (κ3) is 3.70. The summed E-state index contributed by atoms with van der Waals surface area (Å²) < 4.78 is 0. The van der Waals surface area contributed by atoms with Crippen molar-refractivity contribution in [1.82, 2.24) is 10.6 Å². The molecule has 0 spiro atoms. The first-order chi connectivity index (χ1) is 14.0. The van der Waals surface area contributed by atoms with Crippen LogP contribution in [0.5, 0.6) is 0 Å². The van der Waals surface area contributed by atoms with Crippen LogP contribution < -0.4 is 10.6 Å². The standard InChI is InChI=1S/C24H23N3O2/c1-4-18-12-9-13-19(15-25)20(18)16(3)21-22(28)27-24(5-2,23(29)26-21)14-17-10-7-6-8-11-17/h4,6-13H,1,5,14H2,2-3H3,(H,26,29)(H,27,28). The molecular formula is C24H23N3O2. The molecule has 2 N–H and O–H groups in total. The fourth-order valence-corrected chi connectivity index (χ4v) is 3.71. The number of nitrogens with one attached hydrogen (secondary N) is 2. The number of benzene rings is 2. The Morgan fingerprint density at radius 3 is 2.52 bits per heavy atom. The van der Waals surface area contributed by atoms with E-state index >= 15 is 0 Å². The maximum absolute atomic E-state index is 13.1. The van der Waals surface area contributed by atoms with Gasteiger partial charge in [0.15, 0.2) is 0 Å². The van der Waals surface area contributed by atoms with Gasteiger partial charge >= 0.3 is 0 Å². The molecule has 29 heavy (non-hydrogen) atoms. The fraction of sp³-hybridized carbons (Fsp3) is 0.208. The van der Waals surface area contributed by atoms with Gasteiger partial charge in [0.25, 0.3) is 11.8 Å². The van der Waals surface area contributed by atoms with Crippen LogP contribution in [0.3, 0.4) is 0 Å². The van der Waals surface area contributed by atoms with E-state index in [1.54, 1.807) is 25.1 Å². The molecule has 1 aliphatic heterocycles. The van der Waals surface area contributed by atoms with Crippen molar-refractivity contribution in [2.45, 2.75) is 32.2 Å². The smallest absolute Gasteiger partial charge is 0.268 e. The molecular weight excluding hydrogens is 362 g/mol. The van der Waals surface area contributed by atoms with Crippen LogP contribution in [0.4, 0.5) is 0 Å². The second-order valence-electron chi connectivity index (χ2n) is 7.09. The molecule has 5 nitrogen and oxygen atoms in total. The Morgan fingerprint density at radius 1 is 1.17 bits per heavy atom. The van der Waals surface area contributed by atoms with E-state index in [9.17, 15) is 14.9 Å². The number of hydrogen-bond acceptors (Lipinski definition) is 3. The van der Waals surface area contributed by atoms with Crippen LogP contribution in [0.1, 0.15) is 42.5 Å². The zero-order chi connectivity index (χ0) is 21.0.